The number of ether oxygens (including phenoxy) is 3. The first-order chi connectivity index (χ1) is 23.6. The summed E-state index contributed by atoms with van der Waals surface area (Å²) in [6, 6.07) is 26.1. The molecule has 4 aromatic rings. The van der Waals surface area contributed by atoms with E-state index in [0.29, 0.717) is 41.7 Å². The summed E-state index contributed by atoms with van der Waals surface area (Å²) >= 11 is 6.57. The predicted octanol–water partition coefficient (Wildman–Crippen LogP) is 6.12. The van der Waals surface area contributed by atoms with Crippen LogP contribution in [0.25, 0.3) is 0 Å². The Kier molecular flexibility index (Phi) is 13.3. The van der Waals surface area contributed by atoms with Crippen LogP contribution in [0.3, 0.4) is 0 Å². The van der Waals surface area contributed by atoms with Gasteiger partial charge >= 0.3 is 0 Å². The van der Waals surface area contributed by atoms with Gasteiger partial charge < -0.3 is 24.4 Å². The molecular formula is C37H42ClN3O7S. The summed E-state index contributed by atoms with van der Waals surface area (Å²) in [4.78, 5) is 29.8. The van der Waals surface area contributed by atoms with E-state index in [-0.39, 0.29) is 35.2 Å². The molecule has 2 amide bonds. The Morgan fingerprint density at radius 3 is 2.16 bits per heavy atom. The van der Waals surface area contributed by atoms with Gasteiger partial charge in [-0.05, 0) is 66.9 Å². The predicted molar refractivity (Wildman–Crippen MR) is 191 cm³/mol. The molecular weight excluding hydrogens is 666 g/mol. The second kappa shape index (κ2) is 17.6. The van der Waals surface area contributed by atoms with Crippen molar-refractivity contribution < 1.29 is 32.2 Å². The van der Waals surface area contributed by atoms with Crippen LogP contribution in [0.4, 0.5) is 5.69 Å². The molecule has 4 aromatic carbocycles. The molecule has 0 saturated carbocycles. The molecule has 10 nitrogen and oxygen atoms in total. The molecule has 0 aliphatic rings. The normalized spacial score (nSPS) is 11.7. The number of anilines is 1. The van der Waals surface area contributed by atoms with Crippen LogP contribution in [0.1, 0.15) is 31.4 Å². The summed E-state index contributed by atoms with van der Waals surface area (Å²) in [5.74, 6) is 0.124. The fourth-order valence-corrected chi connectivity index (χ4v) is 6.86. The van der Waals surface area contributed by atoms with Gasteiger partial charge in [0.15, 0.2) is 11.5 Å². The van der Waals surface area contributed by atoms with Crippen LogP contribution >= 0.6 is 11.6 Å². The van der Waals surface area contributed by atoms with Gasteiger partial charge in [0.25, 0.3) is 10.0 Å². The standard InChI is InChI=1S/C37H42ClN3O7S/c1-5-22-39-37(43)33(23-27-12-8-7-9-13-27)40(25-28-14-10-11-15-32(28)38)36(42)26-41(29-16-18-30(19-17-29)48-6-2)49(44,45)31-20-21-34(46-3)35(24-31)47-4/h7-21,24,33H,5-6,22-23,25-26H2,1-4H3,(H,39,43). The largest absolute Gasteiger partial charge is 0.494 e. The molecule has 0 fully saturated rings. The summed E-state index contributed by atoms with van der Waals surface area (Å²) in [7, 11) is -1.52. The van der Waals surface area contributed by atoms with Crippen LogP contribution < -0.4 is 23.8 Å². The van der Waals surface area contributed by atoms with Crippen molar-refractivity contribution in [3.8, 4) is 17.2 Å². The fraction of sp³-hybridized carbons (Fsp3) is 0.297. The van der Waals surface area contributed by atoms with E-state index in [4.69, 9.17) is 25.8 Å². The second-order valence-electron chi connectivity index (χ2n) is 11.1. The minimum atomic E-state index is -4.38. The highest BCUT2D eigenvalue weighted by Gasteiger charge is 2.35. The van der Waals surface area contributed by atoms with Gasteiger partial charge in [0.05, 0.1) is 31.4 Å². The van der Waals surface area contributed by atoms with E-state index in [1.165, 1.54) is 37.3 Å². The number of hydrogen-bond acceptors (Lipinski definition) is 7. The minimum absolute atomic E-state index is 0.0386. The van der Waals surface area contributed by atoms with E-state index < -0.39 is 28.5 Å². The topological polar surface area (TPSA) is 114 Å². The monoisotopic (exact) mass is 707 g/mol. The molecule has 0 radical (unpaired) electrons. The van der Waals surface area contributed by atoms with E-state index in [9.17, 15) is 18.0 Å². The van der Waals surface area contributed by atoms with E-state index in [2.05, 4.69) is 5.32 Å². The average Bonchev–Trinajstić information content (AvgIpc) is 3.12. The maximum atomic E-state index is 14.7. The van der Waals surface area contributed by atoms with E-state index in [1.54, 1.807) is 48.5 Å². The third-order valence-corrected chi connectivity index (χ3v) is 9.92. The van der Waals surface area contributed by atoms with Gasteiger partial charge in [0, 0.05) is 30.6 Å². The van der Waals surface area contributed by atoms with Crippen LogP contribution in [-0.4, -0.2) is 65.1 Å². The molecule has 0 spiro atoms. The number of nitrogens with one attached hydrogen (secondary N) is 1. The summed E-state index contributed by atoms with van der Waals surface area (Å²) in [5, 5.41) is 3.35. The number of amides is 2. The number of hydrogen-bond donors (Lipinski definition) is 1. The van der Waals surface area contributed by atoms with Crippen LogP contribution in [-0.2, 0) is 32.6 Å². The zero-order chi connectivity index (χ0) is 35.4. The number of methoxy groups -OCH3 is 2. The Morgan fingerprint density at radius 1 is 0.857 bits per heavy atom. The molecule has 0 saturated heterocycles. The van der Waals surface area contributed by atoms with Gasteiger partial charge in [-0.15, -0.1) is 0 Å². The van der Waals surface area contributed by atoms with Crippen LogP contribution in [0.15, 0.2) is 102 Å². The van der Waals surface area contributed by atoms with Crippen molar-refractivity contribution in [2.45, 2.75) is 44.2 Å². The minimum Gasteiger partial charge on any atom is -0.494 e. The van der Waals surface area contributed by atoms with Crippen LogP contribution in [0.2, 0.25) is 5.02 Å². The third-order valence-electron chi connectivity index (χ3n) is 7.78. The zero-order valence-electron chi connectivity index (χ0n) is 28.1. The SMILES string of the molecule is CCCNC(=O)C(Cc1ccccc1)N(Cc1ccccc1Cl)C(=O)CN(c1ccc(OCC)cc1)S(=O)(=O)c1ccc(OC)c(OC)c1. The van der Waals surface area contributed by atoms with Gasteiger partial charge in [-0.3, -0.25) is 13.9 Å². The van der Waals surface area contributed by atoms with Crippen LogP contribution in [0.5, 0.6) is 17.2 Å². The molecule has 260 valence electrons. The number of carbonyl (C=O) groups excluding carboxylic acids is 2. The summed E-state index contributed by atoms with van der Waals surface area (Å²) < 4.78 is 46.2. The van der Waals surface area contributed by atoms with Gasteiger partial charge in [0.2, 0.25) is 11.8 Å². The lowest BCUT2D eigenvalue weighted by Gasteiger charge is -2.34. The Balaban J connectivity index is 1.83. The van der Waals surface area contributed by atoms with E-state index in [0.717, 1.165) is 9.87 Å². The molecule has 0 aliphatic heterocycles. The number of sulfonamides is 1. The van der Waals surface area contributed by atoms with E-state index in [1.807, 2.05) is 44.2 Å². The van der Waals surface area contributed by atoms with Gasteiger partial charge in [-0.2, -0.15) is 0 Å². The van der Waals surface area contributed by atoms with Gasteiger partial charge in [0.1, 0.15) is 18.3 Å². The number of halogens is 1. The summed E-state index contributed by atoms with van der Waals surface area (Å²) in [5.41, 5.74) is 1.66. The molecule has 49 heavy (non-hydrogen) atoms. The average molecular weight is 708 g/mol. The first kappa shape index (κ1) is 37.1. The molecule has 0 bridgehead atoms. The van der Waals surface area contributed by atoms with Crippen molar-refractivity contribution in [1.29, 1.82) is 0 Å². The quantitative estimate of drug-likeness (QED) is 0.141. The van der Waals surface area contributed by atoms with Gasteiger partial charge in [-0.25, -0.2) is 8.42 Å². The lowest BCUT2D eigenvalue weighted by atomic mass is 10.0. The lowest BCUT2D eigenvalue weighted by Crippen LogP contribution is -2.53. The Bertz CT molecular complexity index is 1800. The molecule has 0 heterocycles. The molecule has 1 atom stereocenters. The van der Waals surface area contributed by atoms with Crippen molar-refractivity contribution >= 4 is 39.1 Å². The van der Waals surface area contributed by atoms with Crippen molar-refractivity contribution in [1.82, 2.24) is 10.2 Å². The first-order valence-electron chi connectivity index (χ1n) is 15.9. The Hall–Kier alpha value is -4.74. The number of rotatable bonds is 17. The van der Waals surface area contributed by atoms with Crippen molar-refractivity contribution in [3.63, 3.8) is 0 Å². The maximum Gasteiger partial charge on any atom is 0.264 e. The number of nitrogens with zero attached hydrogens (tertiary/aromatic N) is 2. The van der Waals surface area contributed by atoms with Crippen LogP contribution in [0, 0.1) is 0 Å². The number of carbonyl (C=O) groups is 2. The molecule has 1 unspecified atom stereocenters. The lowest BCUT2D eigenvalue weighted by molar-refractivity contribution is -0.140. The highest BCUT2D eigenvalue weighted by Crippen LogP contribution is 2.33. The Morgan fingerprint density at radius 2 is 1.53 bits per heavy atom. The molecule has 0 aromatic heterocycles. The highest BCUT2D eigenvalue weighted by atomic mass is 35.5. The summed E-state index contributed by atoms with van der Waals surface area (Å²) in [6.07, 6.45) is 0.884. The van der Waals surface area contributed by atoms with Crippen molar-refractivity contribution in [3.05, 3.63) is 113 Å². The van der Waals surface area contributed by atoms with Gasteiger partial charge in [-0.1, -0.05) is 67.1 Å². The maximum absolute atomic E-state index is 14.7. The molecule has 4 rings (SSSR count). The van der Waals surface area contributed by atoms with Crippen molar-refractivity contribution in [2.75, 3.05) is 38.2 Å². The molecule has 1 N–H and O–H groups in total. The first-order valence-corrected chi connectivity index (χ1v) is 17.8. The second-order valence-corrected chi connectivity index (χ2v) is 13.3. The fourth-order valence-electron chi connectivity index (χ4n) is 5.24. The smallest absolute Gasteiger partial charge is 0.264 e. The third kappa shape index (κ3) is 9.45. The van der Waals surface area contributed by atoms with Crippen molar-refractivity contribution in [2.24, 2.45) is 0 Å². The highest BCUT2D eigenvalue weighted by molar-refractivity contribution is 7.92. The zero-order valence-corrected chi connectivity index (χ0v) is 29.7. The summed E-state index contributed by atoms with van der Waals surface area (Å²) in [6.45, 7) is 3.95. The number of benzene rings is 4. The molecule has 0 aliphatic carbocycles. The molecule has 12 heteroatoms. The van der Waals surface area contributed by atoms with E-state index >= 15 is 0 Å². The Labute approximate surface area is 293 Å².